The Balaban J connectivity index is 2.80. The minimum atomic E-state index is -0.189. The minimum Gasteiger partial charge on any atom is -0.291 e. The predicted octanol–water partition coefficient (Wildman–Crippen LogP) is 0.720. The molecule has 5 heteroatoms. The van der Waals surface area contributed by atoms with Crippen LogP contribution in [0.2, 0.25) is 0 Å². The van der Waals surface area contributed by atoms with E-state index in [1.54, 1.807) is 0 Å². The molecule has 0 fully saturated rings. The summed E-state index contributed by atoms with van der Waals surface area (Å²) in [4.78, 5) is 12.3. The van der Waals surface area contributed by atoms with E-state index < -0.39 is 0 Å². The summed E-state index contributed by atoms with van der Waals surface area (Å²) in [6, 6.07) is 0. The van der Waals surface area contributed by atoms with E-state index in [4.69, 9.17) is 11.6 Å². The molecule has 1 aromatic heterocycles. The Morgan fingerprint density at radius 2 is 2.55 bits per heavy atom. The van der Waals surface area contributed by atoms with Gasteiger partial charge < -0.3 is 0 Å². The molecule has 0 aliphatic heterocycles. The van der Waals surface area contributed by atoms with E-state index in [-0.39, 0.29) is 11.7 Å². The van der Waals surface area contributed by atoms with Crippen molar-refractivity contribution in [3.05, 3.63) is 11.9 Å². The zero-order valence-corrected chi connectivity index (χ0v) is 6.88. The Morgan fingerprint density at radius 3 is 3.00 bits per heavy atom. The van der Waals surface area contributed by atoms with Crippen molar-refractivity contribution in [3.63, 3.8) is 0 Å². The van der Waals surface area contributed by atoms with Crippen LogP contribution in [0, 0.1) is 0 Å². The van der Waals surface area contributed by atoms with Gasteiger partial charge in [0.25, 0.3) is 0 Å². The zero-order valence-electron chi connectivity index (χ0n) is 6.12. The molecule has 0 aliphatic carbocycles. The Hall–Kier alpha value is -0.900. The Bertz CT molecular complexity index is 258. The standard InChI is InChI=1S/C6H8ClN3O/c1-2-10-8-4-5(9-10)6(11)3-7/h4H,2-3H2,1H3. The van der Waals surface area contributed by atoms with E-state index in [1.807, 2.05) is 6.92 Å². The third-order valence-electron chi connectivity index (χ3n) is 1.23. The molecule has 0 aliphatic rings. The quantitative estimate of drug-likeness (QED) is 0.500. The molecule has 0 atom stereocenters. The van der Waals surface area contributed by atoms with Gasteiger partial charge in [0.2, 0.25) is 0 Å². The van der Waals surface area contributed by atoms with Crippen molar-refractivity contribution in [2.24, 2.45) is 0 Å². The van der Waals surface area contributed by atoms with Gasteiger partial charge in [0, 0.05) is 0 Å². The molecule has 0 radical (unpaired) electrons. The normalized spacial score (nSPS) is 10.0. The molecule has 1 aromatic rings. The van der Waals surface area contributed by atoms with E-state index in [1.165, 1.54) is 11.0 Å². The van der Waals surface area contributed by atoms with Crippen LogP contribution in [0.4, 0.5) is 0 Å². The van der Waals surface area contributed by atoms with Crippen molar-refractivity contribution in [1.29, 1.82) is 0 Å². The van der Waals surface area contributed by atoms with Gasteiger partial charge >= 0.3 is 0 Å². The molecule has 1 heterocycles. The first-order chi connectivity index (χ1) is 5.27. The molecule has 60 valence electrons. The summed E-state index contributed by atoms with van der Waals surface area (Å²) in [5, 5.41) is 7.70. The lowest BCUT2D eigenvalue weighted by atomic mass is 10.3. The van der Waals surface area contributed by atoms with Gasteiger partial charge in [-0.3, -0.25) is 4.79 Å². The third kappa shape index (κ3) is 1.77. The molecule has 4 nitrogen and oxygen atoms in total. The maximum absolute atomic E-state index is 10.9. The molecule has 0 saturated carbocycles. The first-order valence-corrected chi connectivity index (χ1v) is 3.80. The van der Waals surface area contributed by atoms with Crippen LogP contribution < -0.4 is 0 Å². The molecule has 0 bridgehead atoms. The van der Waals surface area contributed by atoms with Crippen LogP contribution in [0.3, 0.4) is 0 Å². The average Bonchev–Trinajstić information content (AvgIpc) is 2.50. The molecular formula is C6H8ClN3O. The number of aryl methyl sites for hydroxylation is 1. The monoisotopic (exact) mass is 173 g/mol. The lowest BCUT2D eigenvalue weighted by Gasteiger charge is -1.88. The summed E-state index contributed by atoms with van der Waals surface area (Å²) >= 11 is 5.31. The van der Waals surface area contributed by atoms with E-state index in [0.29, 0.717) is 12.2 Å². The number of Topliss-reactive ketones (excluding diaryl/α,β-unsaturated/α-hetero) is 1. The van der Waals surface area contributed by atoms with Crippen molar-refractivity contribution >= 4 is 17.4 Å². The van der Waals surface area contributed by atoms with Crippen LogP contribution >= 0.6 is 11.6 Å². The smallest absolute Gasteiger partial charge is 0.199 e. The minimum absolute atomic E-state index is 0.0393. The van der Waals surface area contributed by atoms with Crippen LogP contribution in [0.15, 0.2) is 6.20 Å². The summed E-state index contributed by atoms with van der Waals surface area (Å²) in [6.45, 7) is 2.56. The molecule has 0 spiro atoms. The lowest BCUT2D eigenvalue weighted by Crippen LogP contribution is -2.04. The van der Waals surface area contributed by atoms with Crippen molar-refractivity contribution in [2.45, 2.75) is 13.5 Å². The number of hydrogen-bond donors (Lipinski definition) is 0. The highest BCUT2D eigenvalue weighted by molar-refractivity contribution is 6.30. The highest BCUT2D eigenvalue weighted by atomic mass is 35.5. The van der Waals surface area contributed by atoms with Gasteiger partial charge in [-0.25, -0.2) is 0 Å². The number of ketones is 1. The van der Waals surface area contributed by atoms with Crippen molar-refractivity contribution in [1.82, 2.24) is 15.0 Å². The van der Waals surface area contributed by atoms with Gasteiger partial charge in [0.05, 0.1) is 18.6 Å². The topological polar surface area (TPSA) is 47.8 Å². The number of aromatic nitrogens is 3. The summed E-state index contributed by atoms with van der Waals surface area (Å²) in [6.07, 6.45) is 1.42. The number of nitrogens with zero attached hydrogens (tertiary/aromatic N) is 3. The molecule has 0 amide bonds. The van der Waals surface area contributed by atoms with Gasteiger partial charge in [0.1, 0.15) is 5.69 Å². The Morgan fingerprint density at radius 1 is 1.82 bits per heavy atom. The first-order valence-electron chi connectivity index (χ1n) is 3.27. The number of hydrogen-bond acceptors (Lipinski definition) is 3. The number of halogens is 1. The summed E-state index contributed by atoms with van der Waals surface area (Å²) in [5.74, 6) is -0.228. The van der Waals surface area contributed by atoms with Crippen molar-refractivity contribution < 1.29 is 4.79 Å². The molecule has 11 heavy (non-hydrogen) atoms. The van der Waals surface area contributed by atoms with E-state index in [9.17, 15) is 4.79 Å². The van der Waals surface area contributed by atoms with Crippen molar-refractivity contribution in [2.75, 3.05) is 5.88 Å². The highest BCUT2D eigenvalue weighted by Gasteiger charge is 2.07. The number of carbonyl (C=O) groups excluding carboxylic acids is 1. The van der Waals surface area contributed by atoms with Crippen LogP contribution in [-0.2, 0) is 6.54 Å². The lowest BCUT2D eigenvalue weighted by molar-refractivity contribution is 0.101. The average molecular weight is 174 g/mol. The van der Waals surface area contributed by atoms with E-state index >= 15 is 0 Å². The van der Waals surface area contributed by atoms with Crippen LogP contribution in [-0.4, -0.2) is 26.7 Å². The van der Waals surface area contributed by atoms with Gasteiger partial charge in [-0.2, -0.15) is 15.0 Å². The molecule has 0 saturated heterocycles. The molecular weight excluding hydrogens is 166 g/mol. The Labute approximate surface area is 69.2 Å². The van der Waals surface area contributed by atoms with Crippen molar-refractivity contribution in [3.8, 4) is 0 Å². The highest BCUT2D eigenvalue weighted by Crippen LogP contribution is 1.95. The Kier molecular flexibility index (Phi) is 2.59. The molecule has 1 rings (SSSR count). The largest absolute Gasteiger partial charge is 0.291 e. The fourth-order valence-corrected chi connectivity index (χ4v) is 0.783. The first kappa shape index (κ1) is 8.20. The maximum atomic E-state index is 10.9. The van der Waals surface area contributed by atoms with E-state index in [2.05, 4.69) is 10.2 Å². The summed E-state index contributed by atoms with van der Waals surface area (Å²) in [7, 11) is 0. The van der Waals surface area contributed by atoms with Crippen LogP contribution in [0.25, 0.3) is 0 Å². The van der Waals surface area contributed by atoms with Gasteiger partial charge in [-0.05, 0) is 6.92 Å². The number of alkyl halides is 1. The molecule has 0 aromatic carbocycles. The number of carbonyl (C=O) groups is 1. The summed E-state index contributed by atoms with van der Waals surface area (Å²) < 4.78 is 0. The second-order valence-corrected chi connectivity index (χ2v) is 2.24. The maximum Gasteiger partial charge on any atom is 0.199 e. The van der Waals surface area contributed by atoms with E-state index in [0.717, 1.165) is 0 Å². The van der Waals surface area contributed by atoms with Gasteiger partial charge in [-0.1, -0.05) is 0 Å². The fourth-order valence-electron chi connectivity index (χ4n) is 0.646. The number of rotatable bonds is 3. The van der Waals surface area contributed by atoms with Crippen LogP contribution in [0.1, 0.15) is 17.4 Å². The third-order valence-corrected chi connectivity index (χ3v) is 1.47. The summed E-state index contributed by atoms with van der Waals surface area (Å²) in [5.41, 5.74) is 0.335. The van der Waals surface area contributed by atoms with Crippen LogP contribution in [0.5, 0.6) is 0 Å². The zero-order chi connectivity index (χ0) is 8.27. The fraction of sp³-hybridized carbons (Fsp3) is 0.500. The molecule has 0 unspecified atom stereocenters. The van der Waals surface area contributed by atoms with Gasteiger partial charge in [0.15, 0.2) is 5.78 Å². The molecule has 0 N–H and O–H groups in total. The SMILES string of the molecule is CCn1ncc(C(=O)CCl)n1. The predicted molar refractivity (Wildman–Crippen MR) is 40.7 cm³/mol. The second kappa shape index (κ2) is 3.48. The van der Waals surface area contributed by atoms with Gasteiger partial charge in [-0.15, -0.1) is 11.6 Å². The second-order valence-electron chi connectivity index (χ2n) is 1.98.